The number of alkyl halides is 2. The van der Waals surface area contributed by atoms with Crippen molar-refractivity contribution < 1.29 is 18.4 Å². The van der Waals surface area contributed by atoms with E-state index >= 15 is 0 Å². The Bertz CT molecular complexity index is 632. The monoisotopic (exact) mass is 359 g/mol. The zero-order valence-electron chi connectivity index (χ0n) is 11.1. The fourth-order valence-corrected chi connectivity index (χ4v) is 3.17. The average molecular weight is 360 g/mol. The first-order valence-corrected chi connectivity index (χ1v) is 7.20. The van der Waals surface area contributed by atoms with Crippen LogP contribution in [0.2, 0.25) is 0 Å². The molecule has 0 atom stereocenters. The topological polar surface area (TPSA) is 62.3 Å². The van der Waals surface area contributed by atoms with Crippen LogP contribution in [0.5, 0.6) is 0 Å². The lowest BCUT2D eigenvalue weighted by Gasteiger charge is -2.42. The summed E-state index contributed by atoms with van der Waals surface area (Å²) in [6, 6.07) is -0.587. The molecule has 2 heterocycles. The Balaban J connectivity index is 1.91. The third-order valence-corrected chi connectivity index (χ3v) is 4.91. The van der Waals surface area contributed by atoms with Crippen molar-refractivity contribution in [1.82, 2.24) is 10.3 Å². The number of anilines is 1. The molecule has 1 aromatic rings. The number of halogens is 3. The first kappa shape index (κ1) is 14.4. The molecule has 1 N–H and O–H groups in total. The van der Waals surface area contributed by atoms with Crippen molar-refractivity contribution in [2.45, 2.75) is 31.7 Å². The van der Waals surface area contributed by atoms with Gasteiger partial charge in [-0.2, -0.15) is 0 Å². The number of nitrogens with zero attached hydrogens (tertiary/aromatic N) is 2. The van der Waals surface area contributed by atoms with Gasteiger partial charge in [-0.25, -0.2) is 18.5 Å². The molecule has 0 radical (unpaired) electrons. The minimum atomic E-state index is -2.47. The minimum absolute atomic E-state index is 0.0216. The predicted molar refractivity (Wildman–Crippen MR) is 74.2 cm³/mol. The molecule has 5 nitrogen and oxygen atoms in total. The summed E-state index contributed by atoms with van der Waals surface area (Å²) in [5.74, 6) is -1.32. The number of hydrogen-bond acceptors (Lipinski definition) is 3. The lowest BCUT2D eigenvalue weighted by molar-refractivity contribution is -0.130. The highest BCUT2D eigenvalue weighted by Crippen LogP contribution is 2.46. The van der Waals surface area contributed by atoms with Crippen LogP contribution in [-0.2, 0) is 4.79 Å². The van der Waals surface area contributed by atoms with Gasteiger partial charge in [0.15, 0.2) is 0 Å². The molecule has 0 bridgehead atoms. The number of hydrogen-bond donors (Lipinski definition) is 1. The quantitative estimate of drug-likeness (QED) is 0.825. The van der Waals surface area contributed by atoms with Gasteiger partial charge in [0.05, 0.1) is 11.9 Å². The lowest BCUT2D eigenvalue weighted by Crippen LogP contribution is -2.58. The van der Waals surface area contributed by atoms with Crippen LogP contribution in [0.1, 0.15) is 18.4 Å². The van der Waals surface area contributed by atoms with Crippen LogP contribution >= 0.6 is 15.9 Å². The van der Waals surface area contributed by atoms with E-state index in [1.54, 1.807) is 13.1 Å². The second-order valence-electron chi connectivity index (χ2n) is 5.42. The van der Waals surface area contributed by atoms with E-state index in [0.717, 1.165) is 4.90 Å². The summed E-state index contributed by atoms with van der Waals surface area (Å²) in [5, 5.41) is 2.56. The largest absolute Gasteiger partial charge is 0.329 e. The highest BCUT2D eigenvalue weighted by Gasteiger charge is 2.61. The fraction of sp³-hybridized carbons (Fsp3) is 0.462. The maximum Gasteiger partial charge on any atom is 0.329 e. The van der Waals surface area contributed by atoms with Crippen molar-refractivity contribution in [1.29, 1.82) is 0 Å². The Hall–Kier alpha value is -1.57. The van der Waals surface area contributed by atoms with Crippen LogP contribution in [0, 0.1) is 12.8 Å². The van der Waals surface area contributed by atoms with Crippen molar-refractivity contribution in [2.75, 3.05) is 4.90 Å². The van der Waals surface area contributed by atoms with Crippen LogP contribution < -0.4 is 10.2 Å². The number of urea groups is 1. The van der Waals surface area contributed by atoms with E-state index in [1.165, 1.54) is 6.20 Å². The van der Waals surface area contributed by atoms with Crippen molar-refractivity contribution in [3.05, 3.63) is 22.4 Å². The summed E-state index contributed by atoms with van der Waals surface area (Å²) < 4.78 is 25.9. The van der Waals surface area contributed by atoms with Gasteiger partial charge >= 0.3 is 6.03 Å². The molecule has 112 valence electrons. The maximum atomic E-state index is 12.6. The number of aromatic nitrogens is 1. The maximum absolute atomic E-state index is 12.6. The van der Waals surface area contributed by atoms with Gasteiger partial charge < -0.3 is 5.32 Å². The molecular formula is C13H12BrF2N3O2. The van der Waals surface area contributed by atoms with Crippen LogP contribution in [0.25, 0.3) is 0 Å². The van der Waals surface area contributed by atoms with Gasteiger partial charge in [0, 0.05) is 16.6 Å². The second kappa shape index (κ2) is 4.72. The molecule has 1 spiro atoms. The zero-order chi connectivity index (χ0) is 15.4. The van der Waals surface area contributed by atoms with Crippen molar-refractivity contribution in [3.8, 4) is 0 Å². The van der Waals surface area contributed by atoms with Crippen LogP contribution in [0.4, 0.5) is 19.3 Å². The van der Waals surface area contributed by atoms with Gasteiger partial charge in [-0.3, -0.25) is 9.78 Å². The summed E-state index contributed by atoms with van der Waals surface area (Å²) >= 11 is 3.29. The SMILES string of the molecule is Cc1c(Br)cncc1N1C(=O)NC2(CC(C(F)F)C2)C1=O. The zero-order valence-corrected chi connectivity index (χ0v) is 12.7. The van der Waals surface area contributed by atoms with E-state index in [-0.39, 0.29) is 12.8 Å². The number of amides is 3. The smallest absolute Gasteiger partial charge is 0.323 e. The van der Waals surface area contributed by atoms with Crippen molar-refractivity contribution in [3.63, 3.8) is 0 Å². The fourth-order valence-electron chi connectivity index (χ4n) is 2.84. The molecule has 8 heteroatoms. The molecule has 3 rings (SSSR count). The van der Waals surface area contributed by atoms with E-state index in [0.29, 0.717) is 15.7 Å². The average Bonchev–Trinajstić information content (AvgIpc) is 2.63. The highest BCUT2D eigenvalue weighted by molar-refractivity contribution is 9.10. The van der Waals surface area contributed by atoms with Crippen LogP contribution in [-0.4, -0.2) is 28.9 Å². The first-order chi connectivity index (χ1) is 9.85. The van der Waals surface area contributed by atoms with E-state index in [9.17, 15) is 18.4 Å². The van der Waals surface area contributed by atoms with E-state index < -0.39 is 29.8 Å². The second-order valence-corrected chi connectivity index (χ2v) is 6.28. The van der Waals surface area contributed by atoms with Crippen LogP contribution in [0.3, 0.4) is 0 Å². The van der Waals surface area contributed by atoms with Gasteiger partial charge in [-0.1, -0.05) is 0 Å². The Morgan fingerprint density at radius 2 is 2.10 bits per heavy atom. The Kier molecular flexibility index (Phi) is 3.23. The van der Waals surface area contributed by atoms with Crippen molar-refractivity contribution >= 4 is 33.6 Å². The Morgan fingerprint density at radius 3 is 2.71 bits per heavy atom. The third-order valence-electron chi connectivity index (χ3n) is 4.11. The molecule has 2 fully saturated rings. The van der Waals surface area contributed by atoms with E-state index in [2.05, 4.69) is 26.2 Å². The number of pyridine rings is 1. The summed E-state index contributed by atoms with van der Waals surface area (Å²) in [6.07, 6.45) is 0.463. The first-order valence-electron chi connectivity index (χ1n) is 6.41. The molecule has 1 aliphatic heterocycles. The van der Waals surface area contributed by atoms with E-state index in [1.807, 2.05) is 0 Å². The Labute approximate surface area is 127 Å². The number of carbonyl (C=O) groups is 2. The number of rotatable bonds is 2. The molecule has 21 heavy (non-hydrogen) atoms. The third kappa shape index (κ3) is 2.04. The molecule has 1 aliphatic carbocycles. The van der Waals surface area contributed by atoms with E-state index in [4.69, 9.17) is 0 Å². The molecule has 1 saturated heterocycles. The van der Waals surface area contributed by atoms with Gasteiger partial charge in [-0.05, 0) is 41.3 Å². The number of imide groups is 1. The molecule has 0 unspecified atom stereocenters. The molecular weight excluding hydrogens is 348 g/mol. The Morgan fingerprint density at radius 1 is 1.43 bits per heavy atom. The summed E-state index contributed by atoms with van der Waals surface area (Å²) in [4.78, 5) is 29.6. The predicted octanol–water partition coefficient (Wildman–Crippen LogP) is 2.62. The normalized spacial score (nSPS) is 28.2. The standard InChI is InChI=1S/C13H12BrF2N3O2/c1-6-8(14)4-17-5-9(6)19-11(20)13(18-12(19)21)2-7(3-13)10(15)16/h4-5,7,10H,2-3H2,1H3,(H,18,21). The highest BCUT2D eigenvalue weighted by atomic mass is 79.9. The summed E-state index contributed by atoms with van der Waals surface area (Å²) in [7, 11) is 0. The van der Waals surface area contributed by atoms with Gasteiger partial charge in [-0.15, -0.1) is 0 Å². The van der Waals surface area contributed by atoms with Gasteiger partial charge in [0.25, 0.3) is 5.91 Å². The summed E-state index contributed by atoms with van der Waals surface area (Å²) in [6.45, 7) is 1.75. The summed E-state index contributed by atoms with van der Waals surface area (Å²) in [5.41, 5.74) is -0.119. The molecule has 3 amide bonds. The molecule has 0 aromatic carbocycles. The number of carbonyl (C=O) groups excluding carboxylic acids is 2. The lowest BCUT2D eigenvalue weighted by atomic mass is 9.68. The number of nitrogens with one attached hydrogen (secondary N) is 1. The molecule has 1 aromatic heterocycles. The minimum Gasteiger partial charge on any atom is -0.323 e. The van der Waals surface area contributed by atoms with Gasteiger partial charge in [0.2, 0.25) is 6.43 Å². The van der Waals surface area contributed by atoms with Crippen LogP contribution in [0.15, 0.2) is 16.9 Å². The van der Waals surface area contributed by atoms with Gasteiger partial charge in [0.1, 0.15) is 5.54 Å². The van der Waals surface area contributed by atoms with Crippen molar-refractivity contribution in [2.24, 2.45) is 5.92 Å². The molecule has 1 saturated carbocycles. The molecule has 2 aliphatic rings.